The molecule has 0 aromatic rings. The van der Waals surface area contributed by atoms with Crippen molar-refractivity contribution in [3.8, 4) is 0 Å². The fraction of sp³-hybridized carbons (Fsp3) is 1.00. The van der Waals surface area contributed by atoms with Gasteiger partial charge in [0.1, 0.15) is 0 Å². The first-order valence-electron chi connectivity index (χ1n) is 5.46. The molecule has 0 aromatic carbocycles. The molecule has 12 heavy (non-hydrogen) atoms. The van der Waals surface area contributed by atoms with Crippen molar-refractivity contribution in [2.45, 2.75) is 59.4 Å². The van der Waals surface area contributed by atoms with Crippen LogP contribution in [0.3, 0.4) is 0 Å². The second-order valence-corrected chi connectivity index (χ2v) is 3.73. The van der Waals surface area contributed by atoms with E-state index in [2.05, 4.69) is 27.7 Å². The number of hydrogen-bond donors (Lipinski definition) is 1. The standard InChI is InChI=1S/C11H25N/c1-5-9(6-2)11(12)10(7-3)8-4/h9-11H,5-8,12H2,1-4H3. The highest BCUT2D eigenvalue weighted by atomic mass is 14.7. The van der Waals surface area contributed by atoms with Crippen LogP contribution in [0.15, 0.2) is 0 Å². The highest BCUT2D eigenvalue weighted by molar-refractivity contribution is 4.77. The predicted molar refractivity (Wildman–Crippen MR) is 56.1 cm³/mol. The molecule has 0 heterocycles. The van der Waals surface area contributed by atoms with Gasteiger partial charge >= 0.3 is 0 Å². The Balaban J connectivity index is 4.02. The minimum Gasteiger partial charge on any atom is -0.327 e. The molecule has 0 aliphatic heterocycles. The number of hydrogen-bond acceptors (Lipinski definition) is 1. The minimum absolute atomic E-state index is 0.426. The van der Waals surface area contributed by atoms with Crippen LogP contribution in [0.2, 0.25) is 0 Å². The normalized spacial score (nSPS) is 12.0. The summed E-state index contributed by atoms with van der Waals surface area (Å²) in [6, 6.07) is 0.426. The van der Waals surface area contributed by atoms with Crippen LogP contribution in [0.5, 0.6) is 0 Å². The molecule has 0 saturated heterocycles. The van der Waals surface area contributed by atoms with E-state index in [1.54, 1.807) is 0 Å². The summed E-state index contributed by atoms with van der Waals surface area (Å²) in [6.07, 6.45) is 4.92. The molecule has 0 aromatic heterocycles. The molecule has 74 valence electrons. The average Bonchev–Trinajstić information content (AvgIpc) is 2.09. The summed E-state index contributed by atoms with van der Waals surface area (Å²) in [5.74, 6) is 1.46. The van der Waals surface area contributed by atoms with E-state index in [-0.39, 0.29) is 0 Å². The molecule has 0 bridgehead atoms. The Labute approximate surface area is 77.7 Å². The zero-order valence-electron chi connectivity index (χ0n) is 9.14. The smallest absolute Gasteiger partial charge is 0.00952 e. The summed E-state index contributed by atoms with van der Waals surface area (Å²) >= 11 is 0. The largest absolute Gasteiger partial charge is 0.327 e. The van der Waals surface area contributed by atoms with Gasteiger partial charge in [-0.3, -0.25) is 0 Å². The fourth-order valence-electron chi connectivity index (χ4n) is 2.05. The number of rotatable bonds is 6. The van der Waals surface area contributed by atoms with Gasteiger partial charge in [-0.2, -0.15) is 0 Å². The summed E-state index contributed by atoms with van der Waals surface area (Å²) in [4.78, 5) is 0. The van der Waals surface area contributed by atoms with Crippen molar-refractivity contribution < 1.29 is 0 Å². The van der Waals surface area contributed by atoms with Crippen LogP contribution in [-0.2, 0) is 0 Å². The zero-order valence-corrected chi connectivity index (χ0v) is 9.14. The molecule has 0 saturated carbocycles. The second-order valence-electron chi connectivity index (χ2n) is 3.73. The quantitative estimate of drug-likeness (QED) is 0.652. The number of nitrogens with two attached hydrogens (primary N) is 1. The first kappa shape index (κ1) is 12.0. The van der Waals surface area contributed by atoms with Gasteiger partial charge in [0.05, 0.1) is 0 Å². The summed E-state index contributed by atoms with van der Waals surface area (Å²) in [6.45, 7) is 8.99. The summed E-state index contributed by atoms with van der Waals surface area (Å²) in [5.41, 5.74) is 6.20. The van der Waals surface area contributed by atoms with E-state index in [1.807, 2.05) is 0 Å². The maximum atomic E-state index is 6.20. The maximum Gasteiger partial charge on any atom is 0.00952 e. The van der Waals surface area contributed by atoms with Crippen molar-refractivity contribution in [3.05, 3.63) is 0 Å². The Morgan fingerprint density at radius 1 is 0.750 bits per heavy atom. The van der Waals surface area contributed by atoms with Crippen LogP contribution in [0.25, 0.3) is 0 Å². The molecule has 1 nitrogen and oxygen atoms in total. The maximum absolute atomic E-state index is 6.20. The van der Waals surface area contributed by atoms with Crippen molar-refractivity contribution >= 4 is 0 Å². The second kappa shape index (κ2) is 6.47. The van der Waals surface area contributed by atoms with E-state index in [4.69, 9.17) is 5.73 Å². The molecule has 0 aliphatic rings. The van der Waals surface area contributed by atoms with Crippen LogP contribution in [0, 0.1) is 11.8 Å². The van der Waals surface area contributed by atoms with Gasteiger partial charge in [0, 0.05) is 6.04 Å². The van der Waals surface area contributed by atoms with Gasteiger partial charge in [-0.25, -0.2) is 0 Å². The lowest BCUT2D eigenvalue weighted by Gasteiger charge is -2.28. The van der Waals surface area contributed by atoms with Crippen LogP contribution >= 0.6 is 0 Å². The summed E-state index contributed by atoms with van der Waals surface area (Å²) in [7, 11) is 0. The lowest BCUT2D eigenvalue weighted by Crippen LogP contribution is -2.36. The van der Waals surface area contributed by atoms with Crippen LogP contribution in [0.4, 0.5) is 0 Å². The molecule has 0 unspecified atom stereocenters. The first-order chi connectivity index (χ1) is 5.71. The van der Waals surface area contributed by atoms with Crippen molar-refractivity contribution in [3.63, 3.8) is 0 Å². The van der Waals surface area contributed by atoms with Crippen LogP contribution < -0.4 is 5.73 Å². The van der Waals surface area contributed by atoms with Crippen molar-refractivity contribution in [2.75, 3.05) is 0 Å². The molecule has 0 radical (unpaired) electrons. The summed E-state index contributed by atoms with van der Waals surface area (Å²) in [5, 5.41) is 0. The lowest BCUT2D eigenvalue weighted by atomic mass is 9.83. The SMILES string of the molecule is CCC(CC)C(N)C(CC)CC. The molecule has 2 N–H and O–H groups in total. The Morgan fingerprint density at radius 3 is 1.17 bits per heavy atom. The molecule has 0 aliphatic carbocycles. The van der Waals surface area contributed by atoms with Crippen molar-refractivity contribution in [1.82, 2.24) is 0 Å². The molecule has 0 atom stereocenters. The third kappa shape index (κ3) is 3.14. The zero-order chi connectivity index (χ0) is 9.56. The van der Waals surface area contributed by atoms with E-state index in [0.29, 0.717) is 6.04 Å². The van der Waals surface area contributed by atoms with E-state index in [0.717, 1.165) is 11.8 Å². The third-order valence-electron chi connectivity index (χ3n) is 3.19. The van der Waals surface area contributed by atoms with Gasteiger partial charge in [-0.05, 0) is 11.8 Å². The highest BCUT2D eigenvalue weighted by Gasteiger charge is 2.20. The van der Waals surface area contributed by atoms with Gasteiger partial charge in [0.25, 0.3) is 0 Å². The Kier molecular flexibility index (Phi) is 6.45. The monoisotopic (exact) mass is 171 g/mol. The van der Waals surface area contributed by atoms with Gasteiger partial charge in [0.15, 0.2) is 0 Å². The predicted octanol–water partition coefficient (Wildman–Crippen LogP) is 3.19. The molecule has 0 fully saturated rings. The van der Waals surface area contributed by atoms with Crippen LogP contribution in [-0.4, -0.2) is 6.04 Å². The van der Waals surface area contributed by atoms with E-state index in [1.165, 1.54) is 25.7 Å². The average molecular weight is 171 g/mol. The molecular weight excluding hydrogens is 146 g/mol. The first-order valence-corrected chi connectivity index (χ1v) is 5.46. The van der Waals surface area contributed by atoms with Crippen molar-refractivity contribution in [1.29, 1.82) is 0 Å². The molecule has 0 spiro atoms. The summed E-state index contributed by atoms with van der Waals surface area (Å²) < 4.78 is 0. The van der Waals surface area contributed by atoms with E-state index >= 15 is 0 Å². The van der Waals surface area contributed by atoms with E-state index < -0.39 is 0 Å². The fourth-order valence-corrected chi connectivity index (χ4v) is 2.05. The molecular formula is C11H25N. The van der Waals surface area contributed by atoms with Gasteiger partial charge < -0.3 is 5.73 Å². The van der Waals surface area contributed by atoms with Gasteiger partial charge in [-0.1, -0.05) is 53.4 Å². The molecule has 0 rings (SSSR count). The minimum atomic E-state index is 0.426. The third-order valence-corrected chi connectivity index (χ3v) is 3.19. The van der Waals surface area contributed by atoms with Gasteiger partial charge in [0.2, 0.25) is 0 Å². The lowest BCUT2D eigenvalue weighted by molar-refractivity contribution is 0.280. The highest BCUT2D eigenvalue weighted by Crippen LogP contribution is 2.22. The molecule has 1 heteroatoms. The Bertz CT molecular complexity index is 81.2. The Hall–Kier alpha value is -0.0400. The van der Waals surface area contributed by atoms with Crippen molar-refractivity contribution in [2.24, 2.45) is 17.6 Å². The Morgan fingerprint density at radius 2 is 1.00 bits per heavy atom. The van der Waals surface area contributed by atoms with Crippen LogP contribution in [0.1, 0.15) is 53.4 Å². The topological polar surface area (TPSA) is 26.0 Å². The van der Waals surface area contributed by atoms with E-state index in [9.17, 15) is 0 Å². The van der Waals surface area contributed by atoms with Gasteiger partial charge in [-0.15, -0.1) is 0 Å². The molecule has 0 amide bonds.